The second-order valence-corrected chi connectivity index (χ2v) is 7.18. The van der Waals surface area contributed by atoms with Crippen molar-refractivity contribution in [2.24, 2.45) is 0 Å². The molecule has 0 radical (unpaired) electrons. The summed E-state index contributed by atoms with van der Waals surface area (Å²) in [6.45, 7) is 2.78. The van der Waals surface area contributed by atoms with Gasteiger partial charge in [-0.15, -0.1) is 0 Å². The first-order valence-corrected chi connectivity index (χ1v) is 9.80. The molecule has 1 aromatic heterocycles. The Morgan fingerprint density at radius 3 is 2.68 bits per heavy atom. The van der Waals surface area contributed by atoms with Gasteiger partial charge in [0.05, 0.1) is 11.9 Å². The van der Waals surface area contributed by atoms with E-state index < -0.39 is 0 Å². The molecule has 1 aliphatic carbocycles. The van der Waals surface area contributed by atoms with Gasteiger partial charge in [0.25, 0.3) is 5.22 Å². The number of oxazole rings is 1. The molecule has 0 saturated heterocycles. The molecule has 0 N–H and O–H groups in total. The molecule has 25 heavy (non-hydrogen) atoms. The van der Waals surface area contributed by atoms with E-state index in [1.807, 2.05) is 11.8 Å². The van der Waals surface area contributed by atoms with Crippen molar-refractivity contribution in [2.75, 3.05) is 12.3 Å². The Bertz CT molecular complexity index is 696. The molecule has 0 unspecified atom stereocenters. The molecule has 1 saturated carbocycles. The van der Waals surface area contributed by atoms with Crippen molar-refractivity contribution in [2.45, 2.75) is 50.3 Å². The predicted octanol–water partition coefficient (Wildman–Crippen LogP) is 4.75. The summed E-state index contributed by atoms with van der Waals surface area (Å²) in [6.07, 6.45) is 7.53. The highest BCUT2D eigenvalue weighted by Gasteiger charge is 2.24. The van der Waals surface area contributed by atoms with Gasteiger partial charge in [-0.25, -0.2) is 9.37 Å². The van der Waals surface area contributed by atoms with Crippen molar-refractivity contribution < 1.29 is 13.6 Å². The lowest BCUT2D eigenvalue weighted by molar-refractivity contribution is -0.131. The zero-order valence-electron chi connectivity index (χ0n) is 14.4. The monoisotopic (exact) mass is 362 g/mol. The van der Waals surface area contributed by atoms with Gasteiger partial charge in [0.15, 0.2) is 5.76 Å². The highest BCUT2D eigenvalue weighted by Crippen LogP contribution is 2.27. The topological polar surface area (TPSA) is 46.3 Å². The first kappa shape index (κ1) is 18.0. The quantitative estimate of drug-likeness (QED) is 0.696. The molecule has 1 amide bonds. The lowest BCUT2D eigenvalue weighted by atomic mass is 9.94. The van der Waals surface area contributed by atoms with Crippen LogP contribution in [-0.4, -0.2) is 34.1 Å². The minimum absolute atomic E-state index is 0.140. The van der Waals surface area contributed by atoms with E-state index in [9.17, 15) is 9.18 Å². The first-order valence-electron chi connectivity index (χ1n) is 8.81. The molecule has 1 heterocycles. The third-order valence-corrected chi connectivity index (χ3v) is 5.44. The van der Waals surface area contributed by atoms with Crippen molar-refractivity contribution in [3.05, 3.63) is 36.3 Å². The summed E-state index contributed by atoms with van der Waals surface area (Å²) in [4.78, 5) is 18.8. The highest BCUT2D eigenvalue weighted by molar-refractivity contribution is 7.99. The Balaban J connectivity index is 1.57. The van der Waals surface area contributed by atoms with Crippen LogP contribution in [0.4, 0.5) is 4.39 Å². The largest absolute Gasteiger partial charge is 0.431 e. The normalized spacial score (nSPS) is 15.3. The molecule has 1 aromatic carbocycles. The molecule has 1 aliphatic rings. The third kappa shape index (κ3) is 4.63. The van der Waals surface area contributed by atoms with E-state index in [0.717, 1.165) is 24.9 Å². The Hall–Kier alpha value is -1.82. The molecule has 0 aliphatic heterocycles. The van der Waals surface area contributed by atoms with E-state index in [-0.39, 0.29) is 11.7 Å². The average Bonchev–Trinajstić information content (AvgIpc) is 3.11. The summed E-state index contributed by atoms with van der Waals surface area (Å²) >= 11 is 1.31. The van der Waals surface area contributed by atoms with Crippen molar-refractivity contribution in [3.8, 4) is 11.3 Å². The minimum Gasteiger partial charge on any atom is -0.431 e. The van der Waals surface area contributed by atoms with Crippen molar-refractivity contribution in [1.82, 2.24) is 9.88 Å². The minimum atomic E-state index is -0.286. The number of carbonyl (C=O) groups is 1. The van der Waals surface area contributed by atoms with Crippen LogP contribution >= 0.6 is 11.8 Å². The molecule has 6 heteroatoms. The van der Waals surface area contributed by atoms with E-state index in [4.69, 9.17) is 4.42 Å². The van der Waals surface area contributed by atoms with E-state index >= 15 is 0 Å². The fraction of sp³-hybridized carbons (Fsp3) is 0.474. The highest BCUT2D eigenvalue weighted by atomic mass is 32.2. The molecular weight excluding hydrogens is 339 g/mol. The van der Waals surface area contributed by atoms with E-state index in [1.54, 1.807) is 18.3 Å². The molecule has 0 atom stereocenters. The molecule has 134 valence electrons. The summed E-state index contributed by atoms with van der Waals surface area (Å²) in [5.74, 6) is 0.759. The smallest absolute Gasteiger partial charge is 0.256 e. The maximum Gasteiger partial charge on any atom is 0.256 e. The van der Waals surface area contributed by atoms with Gasteiger partial charge in [-0.3, -0.25) is 4.79 Å². The van der Waals surface area contributed by atoms with Crippen LogP contribution in [-0.2, 0) is 4.79 Å². The van der Waals surface area contributed by atoms with Crippen LogP contribution in [0.25, 0.3) is 11.3 Å². The number of hydrogen-bond acceptors (Lipinski definition) is 4. The van der Waals surface area contributed by atoms with Crippen molar-refractivity contribution in [3.63, 3.8) is 0 Å². The maximum atomic E-state index is 13.0. The van der Waals surface area contributed by atoms with Crippen molar-refractivity contribution in [1.29, 1.82) is 0 Å². The zero-order chi connectivity index (χ0) is 17.6. The molecule has 0 bridgehead atoms. The van der Waals surface area contributed by atoms with Crippen LogP contribution in [0.3, 0.4) is 0 Å². The van der Waals surface area contributed by atoms with Gasteiger partial charge in [-0.2, -0.15) is 0 Å². The summed E-state index contributed by atoms with van der Waals surface area (Å²) in [7, 11) is 0. The number of benzene rings is 1. The lowest BCUT2D eigenvalue weighted by Crippen LogP contribution is -2.42. The predicted molar refractivity (Wildman–Crippen MR) is 96.9 cm³/mol. The van der Waals surface area contributed by atoms with Gasteiger partial charge in [-0.05, 0) is 44.0 Å². The molecule has 2 aromatic rings. The third-order valence-electron chi connectivity index (χ3n) is 4.61. The van der Waals surface area contributed by atoms with Crippen LogP contribution in [0.15, 0.2) is 40.1 Å². The number of hydrogen-bond donors (Lipinski definition) is 0. The van der Waals surface area contributed by atoms with Gasteiger partial charge < -0.3 is 9.32 Å². The summed E-state index contributed by atoms with van der Waals surface area (Å²) in [6, 6.07) is 6.45. The second-order valence-electron chi connectivity index (χ2n) is 6.26. The fourth-order valence-electron chi connectivity index (χ4n) is 3.31. The number of amides is 1. The Kier molecular flexibility index (Phi) is 6.13. The van der Waals surface area contributed by atoms with Crippen LogP contribution in [0.2, 0.25) is 0 Å². The first-order chi connectivity index (χ1) is 12.2. The van der Waals surface area contributed by atoms with Crippen LogP contribution in [0.5, 0.6) is 0 Å². The second kappa shape index (κ2) is 8.52. The fourth-order valence-corrected chi connectivity index (χ4v) is 4.00. The van der Waals surface area contributed by atoms with E-state index in [2.05, 4.69) is 4.98 Å². The van der Waals surface area contributed by atoms with Crippen LogP contribution in [0, 0.1) is 5.82 Å². The molecule has 3 rings (SSSR count). The maximum absolute atomic E-state index is 13.0. The molecule has 0 spiro atoms. The van der Waals surface area contributed by atoms with Crippen LogP contribution < -0.4 is 0 Å². The Labute approximate surface area is 151 Å². The molecule has 1 fully saturated rings. The SMILES string of the molecule is CCN(C(=O)CSc1ncc(-c2ccc(F)cc2)o1)C1CCCCC1. The molecular formula is C19H23FN2O2S. The van der Waals surface area contributed by atoms with Gasteiger partial charge in [0.2, 0.25) is 5.91 Å². The summed E-state index contributed by atoms with van der Waals surface area (Å²) in [5, 5.41) is 0.465. The van der Waals surface area contributed by atoms with E-state index in [1.165, 1.54) is 43.2 Å². The summed E-state index contributed by atoms with van der Waals surface area (Å²) < 4.78 is 18.7. The van der Waals surface area contributed by atoms with Gasteiger partial charge in [-0.1, -0.05) is 31.0 Å². The van der Waals surface area contributed by atoms with Crippen molar-refractivity contribution >= 4 is 17.7 Å². The number of nitrogens with zero attached hydrogens (tertiary/aromatic N) is 2. The van der Waals surface area contributed by atoms with Crippen LogP contribution in [0.1, 0.15) is 39.0 Å². The van der Waals surface area contributed by atoms with Gasteiger partial charge in [0.1, 0.15) is 5.82 Å². The summed E-state index contributed by atoms with van der Waals surface area (Å²) in [5.41, 5.74) is 0.768. The molecule has 4 nitrogen and oxygen atoms in total. The number of rotatable bonds is 6. The standard InChI is InChI=1S/C19H23FN2O2S/c1-2-22(16-6-4-3-5-7-16)18(23)13-25-19-21-12-17(24-19)14-8-10-15(20)11-9-14/h8-12,16H,2-7,13H2,1H3. The Morgan fingerprint density at radius 1 is 1.28 bits per heavy atom. The Morgan fingerprint density at radius 2 is 2.00 bits per heavy atom. The van der Waals surface area contributed by atoms with Gasteiger partial charge >= 0.3 is 0 Å². The lowest BCUT2D eigenvalue weighted by Gasteiger charge is -2.33. The van der Waals surface area contributed by atoms with E-state index in [0.29, 0.717) is 22.8 Å². The zero-order valence-corrected chi connectivity index (χ0v) is 15.2. The number of thioether (sulfide) groups is 1. The average molecular weight is 362 g/mol. The van der Waals surface area contributed by atoms with Gasteiger partial charge in [0, 0.05) is 18.2 Å². The number of halogens is 1. The number of carbonyl (C=O) groups excluding carboxylic acids is 1. The number of aromatic nitrogens is 1.